The number of hydrogen-bond donors (Lipinski definition) is 2. The van der Waals surface area contributed by atoms with Gasteiger partial charge in [0.1, 0.15) is 0 Å². The minimum atomic E-state index is 0. The van der Waals surface area contributed by atoms with Gasteiger partial charge in [0.15, 0.2) is 5.96 Å². The first-order chi connectivity index (χ1) is 7.35. The molecule has 0 rings (SSSR count). The van der Waals surface area contributed by atoms with Crippen molar-refractivity contribution in [2.75, 3.05) is 33.9 Å². The monoisotopic (exact) mass is 343 g/mol. The van der Waals surface area contributed by atoms with Gasteiger partial charge in [-0.3, -0.25) is 4.99 Å². The Morgan fingerprint density at radius 2 is 1.75 bits per heavy atom. The van der Waals surface area contributed by atoms with Crippen LogP contribution in [-0.4, -0.2) is 39.8 Å². The number of ether oxygens (including phenoxy) is 1. The molecule has 0 aliphatic heterocycles. The zero-order valence-electron chi connectivity index (χ0n) is 10.7. The molecule has 0 atom stereocenters. The molecule has 2 N–H and O–H groups in total. The van der Waals surface area contributed by atoms with Crippen molar-refractivity contribution >= 4 is 29.9 Å². The Morgan fingerprint density at radius 1 is 1.12 bits per heavy atom. The van der Waals surface area contributed by atoms with Crippen LogP contribution in [0.5, 0.6) is 0 Å². The van der Waals surface area contributed by atoms with Gasteiger partial charge in [0.2, 0.25) is 0 Å². The minimum absolute atomic E-state index is 0. The highest BCUT2D eigenvalue weighted by molar-refractivity contribution is 14.0. The lowest BCUT2D eigenvalue weighted by molar-refractivity contribution is 0.195. The lowest BCUT2D eigenvalue weighted by Gasteiger charge is -2.11. The van der Waals surface area contributed by atoms with Crippen LogP contribution in [-0.2, 0) is 4.74 Å². The Morgan fingerprint density at radius 3 is 2.25 bits per heavy atom. The third-order valence-corrected chi connectivity index (χ3v) is 2.11. The Hall–Kier alpha value is -0.0400. The third kappa shape index (κ3) is 12.0. The predicted molar refractivity (Wildman–Crippen MR) is 80.8 cm³/mol. The molecule has 0 unspecified atom stereocenters. The molecule has 0 aromatic rings. The molecule has 0 aliphatic carbocycles. The SMILES string of the molecule is CCCCCNC(=NC)NCCCOC.I. The fourth-order valence-electron chi connectivity index (χ4n) is 1.23. The quantitative estimate of drug-likeness (QED) is 0.307. The molecule has 0 bridgehead atoms. The first kappa shape index (κ1) is 18.3. The molecule has 0 fully saturated rings. The van der Waals surface area contributed by atoms with Crippen LogP contribution in [0, 0.1) is 0 Å². The van der Waals surface area contributed by atoms with E-state index in [1.165, 1.54) is 19.3 Å². The maximum absolute atomic E-state index is 4.97. The summed E-state index contributed by atoms with van der Waals surface area (Å²) in [7, 11) is 3.52. The maximum Gasteiger partial charge on any atom is 0.190 e. The highest BCUT2D eigenvalue weighted by Crippen LogP contribution is 1.90. The molecule has 4 nitrogen and oxygen atoms in total. The van der Waals surface area contributed by atoms with Gasteiger partial charge >= 0.3 is 0 Å². The second-order valence-electron chi connectivity index (χ2n) is 3.48. The van der Waals surface area contributed by atoms with E-state index in [0.717, 1.165) is 32.1 Å². The van der Waals surface area contributed by atoms with E-state index in [2.05, 4.69) is 22.5 Å². The van der Waals surface area contributed by atoms with E-state index in [9.17, 15) is 0 Å². The van der Waals surface area contributed by atoms with Crippen LogP contribution in [0.1, 0.15) is 32.6 Å². The lowest BCUT2D eigenvalue weighted by Crippen LogP contribution is -2.38. The molecule has 0 aromatic carbocycles. The fourth-order valence-corrected chi connectivity index (χ4v) is 1.23. The molecule has 0 radical (unpaired) electrons. The third-order valence-electron chi connectivity index (χ3n) is 2.11. The summed E-state index contributed by atoms with van der Waals surface area (Å²) >= 11 is 0. The van der Waals surface area contributed by atoms with Crippen LogP contribution in [0.3, 0.4) is 0 Å². The Balaban J connectivity index is 0. The molecule has 0 aliphatic rings. The van der Waals surface area contributed by atoms with E-state index in [0.29, 0.717) is 0 Å². The second-order valence-corrected chi connectivity index (χ2v) is 3.48. The predicted octanol–water partition coefficient (Wildman–Crippen LogP) is 2.00. The molecule has 0 amide bonds. The summed E-state index contributed by atoms with van der Waals surface area (Å²) < 4.78 is 4.97. The summed E-state index contributed by atoms with van der Waals surface area (Å²) in [6.45, 7) is 4.90. The lowest BCUT2D eigenvalue weighted by atomic mass is 10.2. The highest BCUT2D eigenvalue weighted by atomic mass is 127. The first-order valence-electron chi connectivity index (χ1n) is 5.78. The van der Waals surface area contributed by atoms with E-state index in [1.54, 1.807) is 14.2 Å². The summed E-state index contributed by atoms with van der Waals surface area (Å²) in [6, 6.07) is 0. The zero-order valence-corrected chi connectivity index (χ0v) is 13.0. The van der Waals surface area contributed by atoms with Crippen molar-refractivity contribution in [3.63, 3.8) is 0 Å². The maximum atomic E-state index is 4.97. The number of halogens is 1. The molecular formula is C11H26IN3O. The van der Waals surface area contributed by atoms with Gasteiger partial charge in [-0.05, 0) is 12.8 Å². The molecule has 0 heterocycles. The Bertz CT molecular complexity index is 151. The summed E-state index contributed by atoms with van der Waals surface area (Å²) in [5.41, 5.74) is 0. The molecular weight excluding hydrogens is 317 g/mol. The standard InChI is InChI=1S/C11H25N3O.HI/c1-4-5-6-8-13-11(12-2)14-9-7-10-15-3;/h4-10H2,1-3H3,(H2,12,13,14);1H. The molecule has 0 saturated heterocycles. The van der Waals surface area contributed by atoms with Crippen molar-refractivity contribution in [3.05, 3.63) is 0 Å². The van der Waals surface area contributed by atoms with Gasteiger partial charge in [-0.25, -0.2) is 0 Å². The molecule has 0 saturated carbocycles. The van der Waals surface area contributed by atoms with Crippen molar-refractivity contribution in [2.45, 2.75) is 32.6 Å². The Kier molecular flexibility index (Phi) is 17.1. The van der Waals surface area contributed by atoms with Gasteiger partial charge in [-0.15, -0.1) is 24.0 Å². The summed E-state index contributed by atoms with van der Waals surface area (Å²) in [5.74, 6) is 0.891. The van der Waals surface area contributed by atoms with Gasteiger partial charge in [0, 0.05) is 33.9 Å². The molecule has 0 aromatic heterocycles. The first-order valence-corrected chi connectivity index (χ1v) is 5.78. The largest absolute Gasteiger partial charge is 0.385 e. The smallest absolute Gasteiger partial charge is 0.190 e. The summed E-state index contributed by atoms with van der Waals surface area (Å²) in [4.78, 5) is 4.14. The number of nitrogens with one attached hydrogen (secondary N) is 2. The number of rotatable bonds is 8. The van der Waals surface area contributed by atoms with Gasteiger partial charge in [0.05, 0.1) is 0 Å². The van der Waals surface area contributed by atoms with Crippen molar-refractivity contribution in [1.82, 2.24) is 10.6 Å². The summed E-state index contributed by atoms with van der Waals surface area (Å²) in [6.07, 6.45) is 4.73. The van der Waals surface area contributed by atoms with Crippen LogP contribution in [0.15, 0.2) is 4.99 Å². The van der Waals surface area contributed by atoms with Crippen LogP contribution in [0.2, 0.25) is 0 Å². The van der Waals surface area contributed by atoms with Crippen LogP contribution >= 0.6 is 24.0 Å². The number of aliphatic imine (C=N–C) groups is 1. The van der Waals surface area contributed by atoms with Gasteiger partial charge < -0.3 is 15.4 Å². The average Bonchev–Trinajstić information content (AvgIpc) is 2.27. The van der Waals surface area contributed by atoms with Crippen LogP contribution < -0.4 is 10.6 Å². The number of methoxy groups -OCH3 is 1. The van der Waals surface area contributed by atoms with E-state index in [1.807, 2.05) is 0 Å². The minimum Gasteiger partial charge on any atom is -0.385 e. The molecule has 16 heavy (non-hydrogen) atoms. The van der Waals surface area contributed by atoms with Crippen molar-refractivity contribution in [2.24, 2.45) is 4.99 Å². The van der Waals surface area contributed by atoms with Crippen molar-refractivity contribution in [3.8, 4) is 0 Å². The number of unbranched alkanes of at least 4 members (excludes halogenated alkanes) is 2. The second kappa shape index (κ2) is 15.0. The van der Waals surface area contributed by atoms with Crippen LogP contribution in [0.4, 0.5) is 0 Å². The zero-order chi connectivity index (χ0) is 11.4. The van der Waals surface area contributed by atoms with Gasteiger partial charge in [0.25, 0.3) is 0 Å². The topological polar surface area (TPSA) is 45.7 Å². The summed E-state index contributed by atoms with van der Waals surface area (Å²) in [5, 5.41) is 6.52. The highest BCUT2D eigenvalue weighted by Gasteiger charge is 1.95. The van der Waals surface area contributed by atoms with E-state index in [4.69, 9.17) is 4.74 Å². The van der Waals surface area contributed by atoms with E-state index < -0.39 is 0 Å². The fraction of sp³-hybridized carbons (Fsp3) is 0.909. The number of hydrogen-bond acceptors (Lipinski definition) is 2. The van der Waals surface area contributed by atoms with Gasteiger partial charge in [-0.1, -0.05) is 19.8 Å². The average molecular weight is 343 g/mol. The van der Waals surface area contributed by atoms with E-state index in [-0.39, 0.29) is 24.0 Å². The van der Waals surface area contributed by atoms with Crippen molar-refractivity contribution < 1.29 is 4.74 Å². The molecule has 98 valence electrons. The number of nitrogens with zero attached hydrogens (tertiary/aromatic N) is 1. The van der Waals surface area contributed by atoms with Crippen LogP contribution in [0.25, 0.3) is 0 Å². The van der Waals surface area contributed by atoms with Crippen molar-refractivity contribution in [1.29, 1.82) is 0 Å². The van der Waals surface area contributed by atoms with E-state index >= 15 is 0 Å². The normalized spacial score (nSPS) is 10.8. The Labute approximate surface area is 117 Å². The van der Waals surface area contributed by atoms with Gasteiger partial charge in [-0.2, -0.15) is 0 Å². The molecule has 5 heteroatoms. The molecule has 0 spiro atoms. The number of guanidine groups is 1.